The molecule has 286 valence electrons. The van der Waals surface area contributed by atoms with E-state index >= 15 is 0 Å². The minimum absolute atomic E-state index is 0.00865. The van der Waals surface area contributed by atoms with Crippen molar-refractivity contribution in [3.63, 3.8) is 0 Å². The molecule has 0 unspecified atom stereocenters. The predicted molar refractivity (Wildman–Crippen MR) is 266 cm³/mol. The molecule has 15 rings (SSSR count). The van der Waals surface area contributed by atoms with E-state index < -0.39 is 0 Å². The van der Waals surface area contributed by atoms with Crippen molar-refractivity contribution in [2.45, 2.75) is 9.79 Å². The fourth-order valence-corrected chi connectivity index (χ4v) is 17.4. The molecular weight excluding hydrogens is 904 g/mol. The molecule has 4 aliphatic rings. The van der Waals surface area contributed by atoms with Crippen molar-refractivity contribution >= 4 is 160 Å². The molecule has 6 heterocycles. The zero-order valence-electron chi connectivity index (χ0n) is 33.0. The molecule has 11 aromatic rings. The molecule has 0 fully saturated rings. The molecule has 0 bridgehead atoms. The van der Waals surface area contributed by atoms with Gasteiger partial charge in [-0.05, 0) is 0 Å². The van der Waals surface area contributed by atoms with Crippen LogP contribution in [0.2, 0.25) is 0 Å². The number of fused-ring (bicyclic) bond motifs is 16. The molecule has 62 heavy (non-hydrogen) atoms. The second-order valence-corrected chi connectivity index (χ2v) is 22.3. The van der Waals surface area contributed by atoms with Gasteiger partial charge >= 0.3 is 377 Å². The van der Waals surface area contributed by atoms with Gasteiger partial charge in [-0.15, -0.1) is 0 Å². The standard InChI is InChI=1S/C54H30B2N2OSSe2/c1-3-15-31(16-4-1)57-39-23-11-9-21-35(39)55-37-27-38-42(59-43-30-48-50(34-20-8-14-26-46(34)62-48)54-52(43)56(38)36-22-10-12-24-44(36)60-54)28-40(37)58(32-17-5-2-6-18-32)53-49-33-19-7-13-25-45(33)61-47(49)29-41(57)51(53)55/h1-30H. The van der Waals surface area contributed by atoms with E-state index in [0.29, 0.717) is 0 Å². The molecule has 2 aromatic heterocycles. The molecule has 0 amide bonds. The van der Waals surface area contributed by atoms with Crippen molar-refractivity contribution in [3.8, 4) is 11.5 Å². The Morgan fingerprint density at radius 2 is 1.03 bits per heavy atom. The summed E-state index contributed by atoms with van der Waals surface area (Å²) in [7, 11) is 0. The Hall–Kier alpha value is -6.10. The monoisotopic (exact) mass is 936 g/mol. The van der Waals surface area contributed by atoms with Crippen LogP contribution >= 0.6 is 11.8 Å². The van der Waals surface area contributed by atoms with Crippen LogP contribution in [0.25, 0.3) is 38.6 Å². The zero-order chi connectivity index (χ0) is 40.2. The molecule has 0 aliphatic carbocycles. The summed E-state index contributed by atoms with van der Waals surface area (Å²) < 4.78 is 13.1. The summed E-state index contributed by atoms with van der Waals surface area (Å²) in [5.74, 6) is 1.96. The number of hydrogen-bond acceptors (Lipinski definition) is 4. The number of hydrogen-bond donors (Lipinski definition) is 0. The first-order valence-electron chi connectivity index (χ1n) is 21.1. The van der Waals surface area contributed by atoms with Crippen molar-refractivity contribution < 1.29 is 4.74 Å². The van der Waals surface area contributed by atoms with Crippen LogP contribution in [0.15, 0.2) is 192 Å². The van der Waals surface area contributed by atoms with Gasteiger partial charge in [0.25, 0.3) is 0 Å². The fourth-order valence-electron chi connectivity index (χ4n) is 11.1. The van der Waals surface area contributed by atoms with Gasteiger partial charge < -0.3 is 0 Å². The fraction of sp³-hybridized carbons (Fsp3) is 0. The third-order valence-electron chi connectivity index (χ3n) is 13.5. The van der Waals surface area contributed by atoms with Crippen LogP contribution in [0.4, 0.5) is 34.1 Å². The van der Waals surface area contributed by atoms with E-state index in [9.17, 15) is 0 Å². The van der Waals surface area contributed by atoms with Crippen molar-refractivity contribution in [1.29, 1.82) is 0 Å². The van der Waals surface area contributed by atoms with Crippen molar-refractivity contribution in [3.05, 3.63) is 182 Å². The Morgan fingerprint density at radius 3 is 1.81 bits per heavy atom. The number of rotatable bonds is 2. The van der Waals surface area contributed by atoms with Gasteiger partial charge in [-0.2, -0.15) is 0 Å². The van der Waals surface area contributed by atoms with Crippen LogP contribution in [0, 0.1) is 0 Å². The van der Waals surface area contributed by atoms with E-state index in [-0.39, 0.29) is 42.4 Å². The van der Waals surface area contributed by atoms with Crippen molar-refractivity contribution in [2.24, 2.45) is 0 Å². The Morgan fingerprint density at radius 1 is 0.419 bits per heavy atom. The summed E-state index contributed by atoms with van der Waals surface area (Å²) >= 11 is 2.31. The number of anilines is 6. The Kier molecular flexibility index (Phi) is 7.08. The first-order chi connectivity index (χ1) is 30.8. The third kappa shape index (κ3) is 4.56. The molecule has 0 saturated heterocycles. The number of ether oxygens (including phenoxy) is 1. The van der Waals surface area contributed by atoms with Gasteiger partial charge in [0.05, 0.1) is 0 Å². The van der Waals surface area contributed by atoms with Crippen LogP contribution in [-0.2, 0) is 0 Å². The topological polar surface area (TPSA) is 15.7 Å². The molecule has 8 heteroatoms. The zero-order valence-corrected chi connectivity index (χ0v) is 37.2. The van der Waals surface area contributed by atoms with E-state index in [2.05, 4.69) is 192 Å². The Bertz CT molecular complexity index is 3760. The molecule has 9 aromatic carbocycles. The maximum atomic E-state index is 7.37. The second kappa shape index (κ2) is 12.7. The Balaban J connectivity index is 1.08. The van der Waals surface area contributed by atoms with Crippen LogP contribution in [0.5, 0.6) is 11.5 Å². The van der Waals surface area contributed by atoms with Gasteiger partial charge in [-0.3, -0.25) is 0 Å². The minimum atomic E-state index is -0.00865. The van der Waals surface area contributed by atoms with Gasteiger partial charge in [0.1, 0.15) is 0 Å². The average Bonchev–Trinajstić information content (AvgIpc) is 3.89. The number of para-hydroxylation sites is 3. The molecule has 0 radical (unpaired) electrons. The van der Waals surface area contributed by atoms with E-state index in [0.717, 1.165) is 17.2 Å². The average molecular weight is 934 g/mol. The van der Waals surface area contributed by atoms with Crippen LogP contribution in [0.1, 0.15) is 0 Å². The second-order valence-electron chi connectivity index (χ2n) is 16.7. The van der Waals surface area contributed by atoms with Crippen molar-refractivity contribution in [1.82, 2.24) is 0 Å². The SMILES string of the molecule is c1ccc(N2c3ccccc3B3c4cc5c(cc4N(c4ccccc4)c4c3c2cc2[se]c3ccccc3c42)Oc2cc3[se]c4ccccc4c3c3c2B5c2ccccc2S3)cc1. The normalized spacial score (nSPS) is 14.1. The molecular formula is C54H30B2N2OSSe2. The number of nitrogens with zero attached hydrogens (tertiary/aromatic N) is 2. The van der Waals surface area contributed by atoms with Crippen LogP contribution in [0.3, 0.4) is 0 Å². The summed E-state index contributed by atoms with van der Waals surface area (Å²) in [6, 6.07) is 68.4. The third-order valence-corrected chi connectivity index (χ3v) is 19.4. The van der Waals surface area contributed by atoms with Gasteiger partial charge in [-0.1, -0.05) is 0 Å². The predicted octanol–water partition coefficient (Wildman–Crippen LogP) is 9.58. The van der Waals surface area contributed by atoms with E-state index in [1.54, 1.807) is 0 Å². The molecule has 3 nitrogen and oxygen atoms in total. The van der Waals surface area contributed by atoms with Gasteiger partial charge in [0.2, 0.25) is 0 Å². The summed E-state index contributed by atoms with van der Waals surface area (Å²) in [5, 5.41) is 5.54. The van der Waals surface area contributed by atoms with Crippen LogP contribution in [-0.4, -0.2) is 42.4 Å². The summed E-state index contributed by atoms with van der Waals surface area (Å²) in [6.45, 7) is 0.0306. The van der Waals surface area contributed by atoms with Gasteiger partial charge in [0, 0.05) is 0 Å². The summed E-state index contributed by atoms with van der Waals surface area (Å²) in [5.41, 5.74) is 15.3. The summed E-state index contributed by atoms with van der Waals surface area (Å²) in [6.07, 6.45) is 0. The van der Waals surface area contributed by atoms with E-state index in [4.69, 9.17) is 4.74 Å². The van der Waals surface area contributed by atoms with Gasteiger partial charge in [0.15, 0.2) is 0 Å². The van der Waals surface area contributed by atoms with Crippen LogP contribution < -0.4 is 47.3 Å². The van der Waals surface area contributed by atoms with Gasteiger partial charge in [-0.25, -0.2) is 0 Å². The summed E-state index contributed by atoms with van der Waals surface area (Å²) in [4.78, 5) is 7.84. The Labute approximate surface area is 374 Å². The van der Waals surface area contributed by atoms with E-state index in [1.807, 2.05) is 11.8 Å². The molecule has 0 atom stereocenters. The van der Waals surface area contributed by atoms with Crippen molar-refractivity contribution in [2.75, 3.05) is 9.80 Å². The molecule has 0 spiro atoms. The van der Waals surface area contributed by atoms with E-state index in [1.165, 1.54) is 110 Å². The quantitative estimate of drug-likeness (QED) is 0.161. The first-order valence-corrected chi connectivity index (χ1v) is 25.4. The molecule has 0 N–H and O–H groups in total. The first kappa shape index (κ1) is 34.5. The molecule has 0 saturated carbocycles. The molecule has 4 aliphatic heterocycles. The maximum absolute atomic E-state index is 7.37. The number of benzene rings is 9.